The van der Waals surface area contributed by atoms with Crippen LogP contribution in [-0.2, 0) is 4.74 Å². The summed E-state index contributed by atoms with van der Waals surface area (Å²) < 4.78 is 24.0. The maximum Gasteiger partial charge on any atom is 0.282 e. The van der Waals surface area contributed by atoms with Crippen molar-refractivity contribution in [2.24, 2.45) is 0 Å². The molecule has 3 rings (SSSR count). The number of carbonyl (C=O) groups excluding carboxylic acids is 1. The predicted octanol–water partition coefficient (Wildman–Crippen LogP) is 3.39. The Morgan fingerprint density at radius 3 is 2.67 bits per heavy atom. The van der Waals surface area contributed by atoms with E-state index in [1.54, 1.807) is 12.1 Å². The summed E-state index contributed by atoms with van der Waals surface area (Å²) in [6, 6.07) is 9.18. The fourth-order valence-corrected chi connectivity index (χ4v) is 3.13. The van der Waals surface area contributed by atoms with E-state index in [9.17, 15) is 19.3 Å². The van der Waals surface area contributed by atoms with E-state index in [2.05, 4.69) is 5.32 Å². The van der Waals surface area contributed by atoms with Crippen LogP contribution in [0.15, 0.2) is 42.5 Å². The monoisotopic (exact) mass is 374 g/mol. The third-order valence-electron chi connectivity index (χ3n) is 4.50. The molecule has 1 aliphatic heterocycles. The molecule has 2 atom stereocenters. The molecule has 1 aliphatic rings. The molecule has 1 N–H and O–H groups in total. The highest BCUT2D eigenvalue weighted by atomic mass is 19.1. The van der Waals surface area contributed by atoms with Crippen LogP contribution in [-0.4, -0.2) is 30.7 Å². The van der Waals surface area contributed by atoms with Gasteiger partial charge in [0.1, 0.15) is 17.1 Å². The number of hydrogen-bond acceptors (Lipinski definition) is 5. The van der Waals surface area contributed by atoms with Crippen LogP contribution in [0.25, 0.3) is 0 Å². The molecule has 1 amide bonds. The SMILES string of the molecule is COc1ccc([N+](=O)[O-])c(C(=O)N[C@@H](c2ccc(F)cc2)[C@@H]2CCCO2)c1. The number of nitrogens with zero attached hydrogens (tertiary/aromatic N) is 1. The average Bonchev–Trinajstić information content (AvgIpc) is 3.20. The van der Waals surface area contributed by atoms with Gasteiger partial charge in [0.15, 0.2) is 0 Å². The maximum absolute atomic E-state index is 13.3. The second-order valence-corrected chi connectivity index (χ2v) is 6.19. The first-order chi connectivity index (χ1) is 13.0. The number of halogens is 1. The zero-order valence-electron chi connectivity index (χ0n) is 14.7. The highest BCUT2D eigenvalue weighted by Crippen LogP contribution is 2.29. The van der Waals surface area contributed by atoms with E-state index in [-0.39, 0.29) is 23.2 Å². The van der Waals surface area contributed by atoms with Gasteiger partial charge in [0.25, 0.3) is 11.6 Å². The number of hydrogen-bond donors (Lipinski definition) is 1. The topological polar surface area (TPSA) is 90.7 Å². The molecule has 2 aromatic carbocycles. The molecule has 2 aromatic rings. The van der Waals surface area contributed by atoms with Crippen molar-refractivity contribution < 1.29 is 23.6 Å². The number of nitrogens with one attached hydrogen (secondary N) is 1. The van der Waals surface area contributed by atoms with Crippen LogP contribution in [0.1, 0.15) is 34.8 Å². The van der Waals surface area contributed by atoms with Crippen LogP contribution in [0.2, 0.25) is 0 Å². The fraction of sp³-hybridized carbons (Fsp3) is 0.316. The van der Waals surface area contributed by atoms with Crippen LogP contribution >= 0.6 is 0 Å². The van der Waals surface area contributed by atoms with E-state index in [0.717, 1.165) is 12.8 Å². The Kier molecular flexibility index (Phi) is 5.66. The molecule has 0 radical (unpaired) electrons. The summed E-state index contributed by atoms with van der Waals surface area (Å²) in [5.74, 6) is -0.675. The van der Waals surface area contributed by atoms with E-state index in [0.29, 0.717) is 17.9 Å². The zero-order chi connectivity index (χ0) is 19.4. The quantitative estimate of drug-likeness (QED) is 0.618. The van der Waals surface area contributed by atoms with E-state index in [4.69, 9.17) is 9.47 Å². The van der Waals surface area contributed by atoms with Crippen molar-refractivity contribution >= 4 is 11.6 Å². The first-order valence-electron chi connectivity index (χ1n) is 8.50. The van der Waals surface area contributed by atoms with Gasteiger partial charge in [-0.25, -0.2) is 4.39 Å². The lowest BCUT2D eigenvalue weighted by Crippen LogP contribution is -2.36. The molecule has 0 spiro atoms. The fourth-order valence-electron chi connectivity index (χ4n) is 3.13. The van der Waals surface area contributed by atoms with E-state index in [1.165, 1.54) is 37.4 Å². The van der Waals surface area contributed by atoms with Crippen molar-refractivity contribution in [3.05, 3.63) is 69.5 Å². The summed E-state index contributed by atoms with van der Waals surface area (Å²) in [4.78, 5) is 23.5. The minimum atomic E-state index is -0.620. The van der Waals surface area contributed by atoms with Crippen LogP contribution in [0.4, 0.5) is 10.1 Å². The Bertz CT molecular complexity index is 834. The Hall–Kier alpha value is -3.00. The van der Waals surface area contributed by atoms with Gasteiger partial charge in [-0.1, -0.05) is 12.1 Å². The predicted molar refractivity (Wildman–Crippen MR) is 95.2 cm³/mol. The number of carbonyl (C=O) groups is 1. The lowest BCUT2D eigenvalue weighted by atomic mass is 9.98. The third kappa shape index (κ3) is 4.22. The van der Waals surface area contributed by atoms with Gasteiger partial charge in [0, 0.05) is 12.7 Å². The summed E-state index contributed by atoms with van der Waals surface area (Å²) in [6.45, 7) is 0.567. The van der Waals surface area contributed by atoms with Crippen molar-refractivity contribution in [3.8, 4) is 5.75 Å². The number of nitro groups is 1. The Morgan fingerprint density at radius 1 is 1.33 bits per heavy atom. The number of methoxy groups -OCH3 is 1. The van der Waals surface area contributed by atoms with E-state index < -0.39 is 16.9 Å². The first kappa shape index (κ1) is 18.8. The van der Waals surface area contributed by atoms with Gasteiger partial charge < -0.3 is 14.8 Å². The van der Waals surface area contributed by atoms with Gasteiger partial charge in [0.05, 0.1) is 24.2 Å². The molecule has 0 unspecified atom stereocenters. The summed E-state index contributed by atoms with van der Waals surface area (Å²) in [6.07, 6.45) is 1.28. The van der Waals surface area contributed by atoms with Gasteiger partial charge in [-0.05, 0) is 42.7 Å². The van der Waals surface area contributed by atoms with Crippen molar-refractivity contribution in [2.75, 3.05) is 13.7 Å². The van der Waals surface area contributed by atoms with Crippen molar-refractivity contribution in [1.82, 2.24) is 5.32 Å². The number of rotatable bonds is 6. The molecule has 7 nitrogen and oxygen atoms in total. The maximum atomic E-state index is 13.3. The molecule has 0 aliphatic carbocycles. The standard InChI is InChI=1S/C19H19FN2O5/c1-26-14-8-9-16(22(24)25)15(11-14)19(23)21-18(17-3-2-10-27-17)12-4-6-13(20)7-5-12/h4-9,11,17-18H,2-3,10H2,1H3,(H,21,23)/t17-,18-/m0/s1. The Balaban J connectivity index is 1.92. The molecule has 0 bridgehead atoms. The van der Waals surface area contributed by atoms with Crippen LogP contribution in [0.3, 0.4) is 0 Å². The summed E-state index contributed by atoms with van der Waals surface area (Å²) in [5, 5.41) is 14.1. The second kappa shape index (κ2) is 8.13. The Labute approximate surface area is 155 Å². The molecule has 27 heavy (non-hydrogen) atoms. The van der Waals surface area contributed by atoms with Crippen molar-refractivity contribution in [1.29, 1.82) is 0 Å². The van der Waals surface area contributed by atoms with E-state index in [1.807, 2.05) is 0 Å². The number of ether oxygens (including phenoxy) is 2. The normalized spacial score (nSPS) is 17.3. The smallest absolute Gasteiger partial charge is 0.282 e. The largest absolute Gasteiger partial charge is 0.497 e. The van der Waals surface area contributed by atoms with Gasteiger partial charge >= 0.3 is 0 Å². The molecule has 0 saturated carbocycles. The lowest BCUT2D eigenvalue weighted by molar-refractivity contribution is -0.385. The first-order valence-corrected chi connectivity index (χ1v) is 8.50. The number of amides is 1. The highest BCUT2D eigenvalue weighted by molar-refractivity contribution is 5.98. The molecule has 142 valence electrons. The second-order valence-electron chi connectivity index (χ2n) is 6.19. The number of nitro benzene ring substituents is 1. The molecule has 1 saturated heterocycles. The Morgan fingerprint density at radius 2 is 2.07 bits per heavy atom. The van der Waals surface area contributed by atoms with Crippen LogP contribution < -0.4 is 10.1 Å². The lowest BCUT2D eigenvalue weighted by Gasteiger charge is -2.25. The van der Waals surface area contributed by atoms with Gasteiger partial charge in [-0.15, -0.1) is 0 Å². The van der Waals surface area contributed by atoms with Gasteiger partial charge in [0.2, 0.25) is 0 Å². The average molecular weight is 374 g/mol. The molecule has 8 heteroatoms. The van der Waals surface area contributed by atoms with Crippen LogP contribution in [0, 0.1) is 15.9 Å². The third-order valence-corrected chi connectivity index (χ3v) is 4.50. The van der Waals surface area contributed by atoms with Gasteiger partial charge in [-0.3, -0.25) is 14.9 Å². The van der Waals surface area contributed by atoms with Crippen LogP contribution in [0.5, 0.6) is 5.75 Å². The summed E-state index contributed by atoms with van der Waals surface area (Å²) in [7, 11) is 1.41. The van der Waals surface area contributed by atoms with E-state index >= 15 is 0 Å². The minimum absolute atomic E-state index is 0.107. The highest BCUT2D eigenvalue weighted by Gasteiger charge is 2.31. The molecular weight excluding hydrogens is 355 g/mol. The zero-order valence-corrected chi connectivity index (χ0v) is 14.7. The molecule has 1 fully saturated rings. The molecule has 1 heterocycles. The van der Waals surface area contributed by atoms with Gasteiger partial charge in [-0.2, -0.15) is 0 Å². The number of benzene rings is 2. The minimum Gasteiger partial charge on any atom is -0.497 e. The molecular formula is C19H19FN2O5. The van der Waals surface area contributed by atoms with Crippen molar-refractivity contribution in [2.45, 2.75) is 25.0 Å². The summed E-state index contributed by atoms with van der Waals surface area (Å²) >= 11 is 0. The summed E-state index contributed by atoms with van der Waals surface area (Å²) in [5.41, 5.74) is 0.241. The van der Waals surface area contributed by atoms with Crippen molar-refractivity contribution in [3.63, 3.8) is 0 Å². The molecule has 0 aromatic heterocycles.